The van der Waals surface area contributed by atoms with Gasteiger partial charge in [-0.3, -0.25) is 4.79 Å². The number of carbonyl (C=O) groups is 1. The first kappa shape index (κ1) is 19.7. The number of nitrogens with one attached hydrogen (secondary N) is 2. The van der Waals surface area contributed by atoms with Gasteiger partial charge in [0.15, 0.2) is 11.5 Å². The van der Waals surface area contributed by atoms with E-state index in [4.69, 9.17) is 14.2 Å². The molecule has 1 unspecified atom stereocenters. The van der Waals surface area contributed by atoms with Crippen LogP contribution in [0.5, 0.6) is 17.2 Å². The molecule has 1 amide bonds. The molecule has 0 spiro atoms. The third kappa shape index (κ3) is 5.68. The molecule has 0 bridgehead atoms. The van der Waals surface area contributed by atoms with Crippen molar-refractivity contribution < 1.29 is 19.0 Å². The van der Waals surface area contributed by atoms with E-state index in [9.17, 15) is 4.79 Å². The molecule has 1 aromatic carbocycles. The lowest BCUT2D eigenvalue weighted by Crippen LogP contribution is -2.34. The Hall–Kier alpha value is -1.66. The summed E-state index contributed by atoms with van der Waals surface area (Å²) in [5, 5.41) is 6.30. The molecule has 0 saturated carbocycles. The predicted molar refractivity (Wildman–Crippen MR) is 97.7 cm³/mol. The number of hydrogen-bond donors (Lipinski definition) is 2. The summed E-state index contributed by atoms with van der Waals surface area (Å²) in [5.74, 6) is 3.35. The monoisotopic (exact) mass is 370 g/mol. The number of hydrogen-bond acceptors (Lipinski definition) is 5. The second-order valence-electron chi connectivity index (χ2n) is 6.48. The molecule has 1 atom stereocenters. The Labute approximate surface area is 155 Å². The summed E-state index contributed by atoms with van der Waals surface area (Å²) < 4.78 is 16.2. The third-order valence-electron chi connectivity index (χ3n) is 4.73. The zero-order chi connectivity index (χ0) is 16.8. The van der Waals surface area contributed by atoms with Crippen molar-refractivity contribution in [3.8, 4) is 17.2 Å². The molecule has 2 aliphatic rings. The molecule has 3 rings (SSSR count). The topological polar surface area (TPSA) is 68.8 Å². The van der Waals surface area contributed by atoms with Crippen molar-refractivity contribution in [3.63, 3.8) is 0 Å². The van der Waals surface area contributed by atoms with Crippen LogP contribution in [0.2, 0.25) is 0 Å². The molecule has 2 heterocycles. The summed E-state index contributed by atoms with van der Waals surface area (Å²) in [6.07, 6.45) is 2.93. The Balaban J connectivity index is 0.00000225. The van der Waals surface area contributed by atoms with E-state index in [-0.39, 0.29) is 25.1 Å². The quantitative estimate of drug-likeness (QED) is 0.721. The lowest BCUT2D eigenvalue weighted by molar-refractivity contribution is -0.122. The normalized spacial score (nSPS) is 17.5. The van der Waals surface area contributed by atoms with Crippen LogP contribution in [0.3, 0.4) is 0 Å². The molecule has 0 aromatic heterocycles. The van der Waals surface area contributed by atoms with Gasteiger partial charge in [-0.2, -0.15) is 0 Å². The highest BCUT2D eigenvalue weighted by Gasteiger charge is 2.21. The molecule has 0 radical (unpaired) electrons. The van der Waals surface area contributed by atoms with Crippen LogP contribution in [0.1, 0.15) is 26.2 Å². The first-order valence-corrected chi connectivity index (χ1v) is 8.72. The molecule has 7 heteroatoms. The highest BCUT2D eigenvalue weighted by Crippen LogP contribution is 2.35. The summed E-state index contributed by atoms with van der Waals surface area (Å²) in [4.78, 5) is 12.0. The van der Waals surface area contributed by atoms with E-state index >= 15 is 0 Å². The number of piperidine rings is 1. The minimum Gasteiger partial charge on any atom is -0.492 e. The molecule has 2 aliphatic heterocycles. The Morgan fingerprint density at radius 3 is 2.88 bits per heavy atom. The molecule has 1 aromatic rings. The van der Waals surface area contributed by atoms with Crippen LogP contribution in [0.4, 0.5) is 0 Å². The molecule has 25 heavy (non-hydrogen) atoms. The van der Waals surface area contributed by atoms with Gasteiger partial charge in [-0.15, -0.1) is 12.4 Å². The number of rotatable bonds is 7. The summed E-state index contributed by atoms with van der Waals surface area (Å²) in [6.45, 7) is 5.52. The molecule has 2 N–H and O–H groups in total. The standard InChI is InChI=1S/C18H26N2O4.ClH/c1-13(14-4-6-19-7-5-14)10-18(21)20-8-9-22-15-2-3-16-17(11-15)24-12-23-16;/h2-3,11,13-14,19H,4-10,12H2,1H3,(H,20,21);1H. The smallest absolute Gasteiger partial charge is 0.231 e. The van der Waals surface area contributed by atoms with Crippen LogP contribution in [-0.4, -0.2) is 38.9 Å². The maximum absolute atomic E-state index is 12.0. The minimum absolute atomic E-state index is 0. The zero-order valence-corrected chi connectivity index (χ0v) is 15.4. The summed E-state index contributed by atoms with van der Waals surface area (Å²) >= 11 is 0. The molecule has 6 nitrogen and oxygen atoms in total. The Bertz CT molecular complexity index is 564. The van der Waals surface area contributed by atoms with Gasteiger partial charge in [-0.1, -0.05) is 6.92 Å². The maximum Gasteiger partial charge on any atom is 0.231 e. The van der Waals surface area contributed by atoms with Gasteiger partial charge < -0.3 is 24.8 Å². The maximum atomic E-state index is 12.0. The number of fused-ring (bicyclic) bond motifs is 1. The number of halogens is 1. The van der Waals surface area contributed by atoms with E-state index in [2.05, 4.69) is 17.6 Å². The van der Waals surface area contributed by atoms with Crippen molar-refractivity contribution in [1.82, 2.24) is 10.6 Å². The van der Waals surface area contributed by atoms with Crippen LogP contribution in [0, 0.1) is 11.8 Å². The van der Waals surface area contributed by atoms with Crippen LogP contribution in [-0.2, 0) is 4.79 Å². The van der Waals surface area contributed by atoms with Crippen molar-refractivity contribution in [2.45, 2.75) is 26.2 Å². The van der Waals surface area contributed by atoms with Gasteiger partial charge in [-0.25, -0.2) is 0 Å². The second kappa shape index (κ2) is 9.73. The molecule has 0 aliphatic carbocycles. The number of ether oxygens (including phenoxy) is 3. The predicted octanol–water partition coefficient (Wildman–Crippen LogP) is 2.36. The van der Waals surface area contributed by atoms with E-state index in [0.717, 1.165) is 24.6 Å². The van der Waals surface area contributed by atoms with Crippen molar-refractivity contribution >= 4 is 18.3 Å². The lowest BCUT2D eigenvalue weighted by Gasteiger charge is -2.27. The SMILES string of the molecule is CC(CC(=O)NCCOc1ccc2c(c1)OCO2)C1CCNCC1.Cl. The fourth-order valence-corrected chi connectivity index (χ4v) is 3.27. The summed E-state index contributed by atoms with van der Waals surface area (Å²) in [7, 11) is 0. The Kier molecular flexibility index (Phi) is 7.65. The van der Waals surface area contributed by atoms with Crippen molar-refractivity contribution in [2.24, 2.45) is 11.8 Å². The fourth-order valence-electron chi connectivity index (χ4n) is 3.27. The Morgan fingerprint density at radius 1 is 1.32 bits per heavy atom. The minimum atomic E-state index is 0. The zero-order valence-electron chi connectivity index (χ0n) is 14.6. The molecule has 140 valence electrons. The van der Waals surface area contributed by atoms with Gasteiger partial charge in [0, 0.05) is 12.5 Å². The van der Waals surface area contributed by atoms with Crippen LogP contribution < -0.4 is 24.8 Å². The first-order chi connectivity index (χ1) is 11.7. The number of carbonyl (C=O) groups excluding carboxylic acids is 1. The molecular formula is C18H27ClN2O4. The molecule has 1 fully saturated rings. The van der Waals surface area contributed by atoms with Gasteiger partial charge in [0.25, 0.3) is 0 Å². The number of benzene rings is 1. The van der Waals surface area contributed by atoms with E-state index < -0.39 is 0 Å². The Morgan fingerprint density at radius 2 is 2.08 bits per heavy atom. The molecular weight excluding hydrogens is 344 g/mol. The van der Waals surface area contributed by atoms with E-state index in [1.807, 2.05) is 18.2 Å². The lowest BCUT2D eigenvalue weighted by atomic mass is 9.84. The molecule has 1 saturated heterocycles. The van der Waals surface area contributed by atoms with Gasteiger partial charge in [0.2, 0.25) is 12.7 Å². The second-order valence-corrected chi connectivity index (χ2v) is 6.48. The van der Waals surface area contributed by atoms with Gasteiger partial charge >= 0.3 is 0 Å². The van der Waals surface area contributed by atoms with Gasteiger partial charge in [-0.05, 0) is 49.9 Å². The summed E-state index contributed by atoms with van der Waals surface area (Å²) in [5.41, 5.74) is 0. The van der Waals surface area contributed by atoms with Gasteiger partial charge in [0.05, 0.1) is 6.54 Å². The highest BCUT2D eigenvalue weighted by molar-refractivity contribution is 5.85. The largest absolute Gasteiger partial charge is 0.492 e. The van der Waals surface area contributed by atoms with Crippen LogP contribution >= 0.6 is 12.4 Å². The number of amides is 1. The van der Waals surface area contributed by atoms with Crippen molar-refractivity contribution in [2.75, 3.05) is 33.0 Å². The van der Waals surface area contributed by atoms with E-state index in [1.54, 1.807) is 0 Å². The third-order valence-corrected chi connectivity index (χ3v) is 4.73. The van der Waals surface area contributed by atoms with E-state index in [0.29, 0.717) is 37.2 Å². The highest BCUT2D eigenvalue weighted by atomic mass is 35.5. The fraction of sp³-hybridized carbons (Fsp3) is 0.611. The average Bonchev–Trinajstić information content (AvgIpc) is 3.07. The average molecular weight is 371 g/mol. The first-order valence-electron chi connectivity index (χ1n) is 8.72. The summed E-state index contributed by atoms with van der Waals surface area (Å²) in [6, 6.07) is 5.48. The van der Waals surface area contributed by atoms with Crippen molar-refractivity contribution in [3.05, 3.63) is 18.2 Å². The van der Waals surface area contributed by atoms with Gasteiger partial charge in [0.1, 0.15) is 12.4 Å². The van der Waals surface area contributed by atoms with E-state index in [1.165, 1.54) is 12.8 Å². The van der Waals surface area contributed by atoms with Crippen molar-refractivity contribution in [1.29, 1.82) is 0 Å². The van der Waals surface area contributed by atoms with Crippen LogP contribution in [0.15, 0.2) is 18.2 Å². The van der Waals surface area contributed by atoms with Crippen LogP contribution in [0.25, 0.3) is 0 Å².